The zero-order valence-corrected chi connectivity index (χ0v) is 12.7. The van der Waals surface area contributed by atoms with Gasteiger partial charge in [-0.1, -0.05) is 23.7 Å². The van der Waals surface area contributed by atoms with Crippen molar-refractivity contribution in [2.45, 2.75) is 13.0 Å². The van der Waals surface area contributed by atoms with Gasteiger partial charge in [0.05, 0.1) is 13.7 Å². The van der Waals surface area contributed by atoms with Crippen LogP contribution in [0.2, 0.25) is 4.34 Å². The molecule has 2 aromatic rings. The molecule has 1 atom stereocenters. The monoisotopic (exact) mass is 344 g/mol. The van der Waals surface area contributed by atoms with Crippen LogP contribution in [-0.4, -0.2) is 11.9 Å². The quantitative estimate of drug-likeness (QED) is 0.743. The van der Waals surface area contributed by atoms with Crippen molar-refractivity contribution in [2.75, 3.05) is 0 Å². The van der Waals surface area contributed by atoms with Crippen LogP contribution in [0.1, 0.15) is 16.6 Å². The summed E-state index contributed by atoms with van der Waals surface area (Å²) in [7, 11) is 0. The maximum absolute atomic E-state index is 12.1. The number of rotatable bonds is 4. The standard InChI is InChI=1S/C13H10BrClO2S/c1-8(13(16)11-6-7-12(15)18-11)17-10-5-3-2-4-9(10)14/h2-8H,1H3. The summed E-state index contributed by atoms with van der Waals surface area (Å²) in [6, 6.07) is 10.9. The second-order valence-electron chi connectivity index (χ2n) is 3.66. The summed E-state index contributed by atoms with van der Waals surface area (Å²) in [5.74, 6) is 0.587. The Balaban J connectivity index is 2.11. The second-order valence-corrected chi connectivity index (χ2v) is 6.23. The summed E-state index contributed by atoms with van der Waals surface area (Å²) >= 11 is 10.5. The lowest BCUT2D eigenvalue weighted by molar-refractivity contribution is 0.0821. The molecule has 0 aliphatic carbocycles. The molecule has 0 amide bonds. The van der Waals surface area contributed by atoms with Gasteiger partial charge in [0, 0.05) is 0 Å². The Labute approximate surface area is 123 Å². The molecule has 0 radical (unpaired) electrons. The fourth-order valence-electron chi connectivity index (χ4n) is 1.43. The lowest BCUT2D eigenvalue weighted by Gasteiger charge is -2.13. The van der Waals surface area contributed by atoms with Gasteiger partial charge < -0.3 is 4.74 Å². The Kier molecular flexibility index (Phi) is 4.43. The second kappa shape index (κ2) is 5.87. The van der Waals surface area contributed by atoms with Gasteiger partial charge in [-0.3, -0.25) is 4.79 Å². The van der Waals surface area contributed by atoms with Crippen LogP contribution in [0.3, 0.4) is 0 Å². The van der Waals surface area contributed by atoms with E-state index in [2.05, 4.69) is 15.9 Å². The highest BCUT2D eigenvalue weighted by molar-refractivity contribution is 9.10. The molecule has 1 unspecified atom stereocenters. The maximum Gasteiger partial charge on any atom is 0.212 e. The smallest absolute Gasteiger partial charge is 0.212 e. The summed E-state index contributed by atoms with van der Waals surface area (Å²) in [6.07, 6.45) is -0.543. The van der Waals surface area contributed by atoms with Gasteiger partial charge in [0.25, 0.3) is 0 Å². The van der Waals surface area contributed by atoms with E-state index in [1.165, 1.54) is 11.3 Å². The van der Waals surface area contributed by atoms with E-state index in [9.17, 15) is 4.79 Å². The van der Waals surface area contributed by atoms with Crippen molar-refractivity contribution in [2.24, 2.45) is 0 Å². The molecule has 1 aromatic carbocycles. The highest BCUT2D eigenvalue weighted by Crippen LogP contribution is 2.27. The van der Waals surface area contributed by atoms with Crippen molar-refractivity contribution in [3.05, 3.63) is 50.1 Å². The van der Waals surface area contributed by atoms with E-state index in [0.29, 0.717) is 15.0 Å². The molecule has 0 aliphatic rings. The van der Waals surface area contributed by atoms with Crippen LogP contribution in [0.4, 0.5) is 0 Å². The zero-order chi connectivity index (χ0) is 13.1. The molecule has 0 aliphatic heterocycles. The molecule has 0 fully saturated rings. The molecule has 0 bridgehead atoms. The molecule has 0 saturated carbocycles. The van der Waals surface area contributed by atoms with Gasteiger partial charge in [-0.15, -0.1) is 11.3 Å². The number of ketones is 1. The van der Waals surface area contributed by atoms with Crippen LogP contribution in [0, 0.1) is 0 Å². The van der Waals surface area contributed by atoms with Crippen LogP contribution in [-0.2, 0) is 0 Å². The van der Waals surface area contributed by atoms with E-state index in [4.69, 9.17) is 16.3 Å². The number of carbonyl (C=O) groups excluding carboxylic acids is 1. The average Bonchev–Trinajstić information content (AvgIpc) is 2.78. The van der Waals surface area contributed by atoms with Crippen LogP contribution in [0.5, 0.6) is 5.75 Å². The van der Waals surface area contributed by atoms with E-state index in [1.807, 2.05) is 24.3 Å². The van der Waals surface area contributed by atoms with Gasteiger partial charge in [-0.05, 0) is 47.1 Å². The Morgan fingerprint density at radius 3 is 2.67 bits per heavy atom. The number of thiophene rings is 1. The number of hydrogen-bond acceptors (Lipinski definition) is 3. The van der Waals surface area contributed by atoms with Crippen molar-refractivity contribution in [3.8, 4) is 5.75 Å². The third-order valence-corrected chi connectivity index (χ3v) is 4.23. The predicted molar refractivity (Wildman–Crippen MR) is 77.9 cm³/mol. The fraction of sp³-hybridized carbons (Fsp3) is 0.154. The molecule has 18 heavy (non-hydrogen) atoms. The molecule has 2 nitrogen and oxygen atoms in total. The number of ether oxygens (including phenoxy) is 1. The first-order chi connectivity index (χ1) is 8.58. The molecule has 0 spiro atoms. The van der Waals surface area contributed by atoms with Crippen molar-refractivity contribution in [3.63, 3.8) is 0 Å². The van der Waals surface area contributed by atoms with Crippen LogP contribution >= 0.6 is 38.9 Å². The lowest BCUT2D eigenvalue weighted by atomic mass is 10.2. The van der Waals surface area contributed by atoms with Gasteiger partial charge in [0.15, 0.2) is 6.10 Å². The molecule has 5 heteroatoms. The van der Waals surface area contributed by atoms with Crippen LogP contribution in [0.15, 0.2) is 40.9 Å². The number of hydrogen-bond donors (Lipinski definition) is 0. The molecular formula is C13H10BrClO2S. The predicted octanol–water partition coefficient (Wildman–Crippen LogP) is 4.81. The molecule has 1 aromatic heterocycles. The van der Waals surface area contributed by atoms with E-state index in [1.54, 1.807) is 19.1 Å². The number of carbonyl (C=O) groups is 1. The maximum atomic E-state index is 12.1. The Hall–Kier alpha value is -0.840. The molecule has 0 N–H and O–H groups in total. The van der Waals surface area contributed by atoms with Gasteiger partial charge in [0.1, 0.15) is 5.75 Å². The molecule has 2 rings (SSSR count). The van der Waals surface area contributed by atoms with Gasteiger partial charge >= 0.3 is 0 Å². The minimum Gasteiger partial charge on any atom is -0.481 e. The molecule has 94 valence electrons. The molecule has 0 saturated heterocycles. The summed E-state index contributed by atoms with van der Waals surface area (Å²) < 4.78 is 7.07. The topological polar surface area (TPSA) is 26.3 Å². The third kappa shape index (κ3) is 3.13. The van der Waals surface area contributed by atoms with Crippen LogP contribution < -0.4 is 4.74 Å². The Morgan fingerprint density at radius 1 is 1.33 bits per heavy atom. The number of Topliss-reactive ketones (excluding diaryl/α,β-unsaturated/α-hetero) is 1. The van der Waals surface area contributed by atoms with Crippen molar-refractivity contribution in [1.82, 2.24) is 0 Å². The first-order valence-corrected chi connectivity index (χ1v) is 7.27. The first-order valence-electron chi connectivity index (χ1n) is 5.28. The van der Waals surface area contributed by atoms with Gasteiger partial charge in [0.2, 0.25) is 5.78 Å². The minimum absolute atomic E-state index is 0.0670. The summed E-state index contributed by atoms with van der Waals surface area (Å²) in [5, 5.41) is 0. The van der Waals surface area contributed by atoms with E-state index < -0.39 is 6.10 Å². The number of halogens is 2. The van der Waals surface area contributed by atoms with Gasteiger partial charge in [-0.25, -0.2) is 0 Å². The fourth-order valence-corrected chi connectivity index (χ4v) is 2.87. The summed E-state index contributed by atoms with van der Waals surface area (Å²) in [4.78, 5) is 12.7. The summed E-state index contributed by atoms with van der Waals surface area (Å²) in [6.45, 7) is 1.73. The Bertz CT molecular complexity index is 568. The highest BCUT2D eigenvalue weighted by atomic mass is 79.9. The van der Waals surface area contributed by atoms with Crippen molar-refractivity contribution >= 4 is 44.7 Å². The van der Waals surface area contributed by atoms with E-state index >= 15 is 0 Å². The van der Waals surface area contributed by atoms with E-state index in [-0.39, 0.29) is 5.78 Å². The normalized spacial score (nSPS) is 12.2. The molecule has 1 heterocycles. The van der Waals surface area contributed by atoms with Gasteiger partial charge in [-0.2, -0.15) is 0 Å². The largest absolute Gasteiger partial charge is 0.481 e. The first kappa shape index (κ1) is 13.6. The highest BCUT2D eigenvalue weighted by Gasteiger charge is 2.19. The van der Waals surface area contributed by atoms with Crippen LogP contribution in [0.25, 0.3) is 0 Å². The zero-order valence-electron chi connectivity index (χ0n) is 9.52. The average molecular weight is 346 g/mol. The lowest BCUT2D eigenvalue weighted by Crippen LogP contribution is -2.23. The summed E-state index contributed by atoms with van der Waals surface area (Å²) in [5.41, 5.74) is 0. The number of benzene rings is 1. The Morgan fingerprint density at radius 2 is 2.06 bits per heavy atom. The SMILES string of the molecule is CC(Oc1ccccc1Br)C(=O)c1ccc(Cl)s1. The van der Waals surface area contributed by atoms with Crippen molar-refractivity contribution < 1.29 is 9.53 Å². The number of para-hydroxylation sites is 1. The van der Waals surface area contributed by atoms with E-state index in [0.717, 1.165) is 4.47 Å². The third-order valence-electron chi connectivity index (χ3n) is 2.33. The molecular weight excluding hydrogens is 336 g/mol. The van der Waals surface area contributed by atoms with Crippen molar-refractivity contribution in [1.29, 1.82) is 0 Å². The minimum atomic E-state index is -0.543.